The molecule has 3 nitrogen and oxygen atoms in total. The van der Waals surface area contributed by atoms with Gasteiger partial charge in [-0.05, 0) is 0 Å². The number of aliphatic imine (C=N–C) groups is 1. The van der Waals surface area contributed by atoms with Crippen molar-refractivity contribution in [1.82, 2.24) is 5.32 Å². The van der Waals surface area contributed by atoms with Crippen molar-refractivity contribution in [2.45, 2.75) is 18.6 Å². The molecule has 0 bridgehead atoms. The Balaban J connectivity index is 2.10. The number of amidine groups is 1. The van der Waals surface area contributed by atoms with Crippen LogP contribution in [0.15, 0.2) is 29.3 Å². The standard InChI is InChI=1S/C11H8F3N2OSe/c12-11(13,14)7-3-1-6(2-4-7)5-8-9(17)16-10(18)15-8/h1-4,8H,5H2,(H,15,16,17). The maximum atomic E-state index is 12.3. The molecule has 0 aromatic heterocycles. The fourth-order valence-corrected chi connectivity index (χ4v) is 2.09. The van der Waals surface area contributed by atoms with Gasteiger partial charge in [0, 0.05) is 0 Å². The van der Waals surface area contributed by atoms with Crippen LogP contribution in [-0.2, 0) is 17.4 Å². The van der Waals surface area contributed by atoms with Gasteiger partial charge in [0.1, 0.15) is 0 Å². The Morgan fingerprint density at radius 2 is 1.89 bits per heavy atom. The Morgan fingerprint density at radius 1 is 1.28 bits per heavy atom. The quantitative estimate of drug-likeness (QED) is 0.820. The third kappa shape index (κ3) is 2.91. The van der Waals surface area contributed by atoms with Crippen LogP contribution in [0.2, 0.25) is 0 Å². The summed E-state index contributed by atoms with van der Waals surface area (Å²) in [6, 6.07) is 4.17. The van der Waals surface area contributed by atoms with Crippen molar-refractivity contribution in [1.29, 1.82) is 0 Å². The number of amides is 1. The van der Waals surface area contributed by atoms with Crippen LogP contribution in [0, 0.1) is 0 Å². The second-order valence-electron chi connectivity index (χ2n) is 3.84. The molecule has 18 heavy (non-hydrogen) atoms. The Hall–Kier alpha value is -1.33. The van der Waals surface area contributed by atoms with Crippen LogP contribution in [0.3, 0.4) is 0 Å². The molecule has 1 unspecified atom stereocenters. The zero-order valence-electron chi connectivity index (χ0n) is 8.99. The molecule has 7 heteroatoms. The Kier molecular flexibility index (Phi) is 3.45. The fraction of sp³-hybridized carbons (Fsp3) is 0.273. The van der Waals surface area contributed by atoms with Gasteiger partial charge in [0.2, 0.25) is 0 Å². The molecule has 0 fully saturated rings. The van der Waals surface area contributed by atoms with E-state index in [0.29, 0.717) is 10.3 Å². The second-order valence-corrected chi connectivity index (χ2v) is 4.65. The summed E-state index contributed by atoms with van der Waals surface area (Å²) in [4.78, 5) is 15.4. The van der Waals surface area contributed by atoms with Gasteiger partial charge in [-0.1, -0.05) is 0 Å². The van der Waals surface area contributed by atoms with Crippen LogP contribution in [0.25, 0.3) is 0 Å². The first kappa shape index (κ1) is 13.1. The van der Waals surface area contributed by atoms with Gasteiger partial charge in [-0.2, -0.15) is 0 Å². The van der Waals surface area contributed by atoms with Crippen LogP contribution in [0.1, 0.15) is 11.1 Å². The number of nitrogens with zero attached hydrogens (tertiary/aromatic N) is 1. The average Bonchev–Trinajstić information content (AvgIpc) is 2.57. The summed E-state index contributed by atoms with van der Waals surface area (Å²) in [6.07, 6.45) is -4.05. The third-order valence-electron chi connectivity index (χ3n) is 2.52. The monoisotopic (exact) mass is 321 g/mol. The minimum absolute atomic E-state index is 0.247. The summed E-state index contributed by atoms with van der Waals surface area (Å²) < 4.78 is 37.5. The first-order chi connectivity index (χ1) is 8.36. The van der Waals surface area contributed by atoms with E-state index in [1.165, 1.54) is 12.1 Å². The molecule has 1 aromatic carbocycles. The van der Waals surface area contributed by atoms with Crippen LogP contribution in [0.5, 0.6) is 0 Å². The molecular weight excluding hydrogens is 312 g/mol. The average molecular weight is 320 g/mol. The zero-order chi connectivity index (χ0) is 13.3. The molecule has 0 aliphatic carbocycles. The molecule has 0 saturated carbocycles. The second kappa shape index (κ2) is 4.74. The van der Waals surface area contributed by atoms with E-state index in [0.717, 1.165) is 12.1 Å². The van der Waals surface area contributed by atoms with Gasteiger partial charge in [-0.3, -0.25) is 0 Å². The van der Waals surface area contributed by atoms with Gasteiger partial charge in [-0.15, -0.1) is 0 Å². The van der Waals surface area contributed by atoms with Crippen molar-refractivity contribution >= 4 is 26.7 Å². The van der Waals surface area contributed by atoms with Crippen molar-refractivity contribution in [3.05, 3.63) is 35.4 Å². The summed E-state index contributed by atoms with van der Waals surface area (Å²) in [5, 5.41) is 2.50. The van der Waals surface area contributed by atoms with Crippen LogP contribution >= 0.6 is 0 Å². The SMILES string of the molecule is O=C1NC([Se])=NC1Cc1ccc(C(F)(F)F)cc1. The van der Waals surface area contributed by atoms with Crippen LogP contribution in [0.4, 0.5) is 13.2 Å². The summed E-state index contributed by atoms with van der Waals surface area (Å²) >= 11 is 2.58. The fourth-order valence-electron chi connectivity index (χ4n) is 1.61. The first-order valence-electron chi connectivity index (χ1n) is 5.08. The van der Waals surface area contributed by atoms with E-state index in [4.69, 9.17) is 0 Å². The van der Waals surface area contributed by atoms with Gasteiger partial charge in [0.15, 0.2) is 0 Å². The Labute approximate surface area is 109 Å². The summed E-state index contributed by atoms with van der Waals surface area (Å²) in [7, 11) is 0. The van der Waals surface area contributed by atoms with Gasteiger partial charge in [-0.25, -0.2) is 0 Å². The number of carbonyl (C=O) groups is 1. The molecule has 1 aromatic rings. The van der Waals surface area contributed by atoms with Crippen LogP contribution < -0.4 is 5.32 Å². The minimum atomic E-state index is -4.34. The van der Waals surface area contributed by atoms with Crippen molar-refractivity contribution < 1.29 is 18.0 Å². The Morgan fingerprint density at radius 3 is 2.33 bits per heavy atom. The van der Waals surface area contributed by atoms with E-state index >= 15 is 0 Å². The topological polar surface area (TPSA) is 41.5 Å². The predicted molar refractivity (Wildman–Crippen MR) is 60.3 cm³/mol. The summed E-state index contributed by atoms with van der Waals surface area (Å²) in [5.74, 6) is -0.247. The van der Waals surface area contributed by atoms with E-state index in [9.17, 15) is 18.0 Å². The van der Waals surface area contributed by atoms with Gasteiger partial charge in [0.05, 0.1) is 0 Å². The molecule has 0 spiro atoms. The van der Waals surface area contributed by atoms with E-state index in [-0.39, 0.29) is 12.3 Å². The molecular formula is C11H8F3N2OSe. The summed E-state index contributed by atoms with van der Waals surface area (Å²) in [6.45, 7) is 0. The number of rotatable bonds is 2. The first-order valence-corrected chi connectivity index (χ1v) is 5.94. The molecule has 2 rings (SSSR count). The molecule has 1 heterocycles. The predicted octanol–water partition coefficient (Wildman–Crippen LogP) is 1.27. The van der Waals surface area contributed by atoms with Crippen molar-refractivity contribution in [3.63, 3.8) is 0 Å². The molecule has 1 amide bonds. The number of hydrogen-bond donors (Lipinski definition) is 1. The van der Waals surface area contributed by atoms with Gasteiger partial charge < -0.3 is 0 Å². The van der Waals surface area contributed by atoms with E-state index < -0.39 is 17.8 Å². The Bertz CT molecular complexity index is 496. The number of halogens is 3. The number of hydrogen-bond acceptors (Lipinski definition) is 2. The molecule has 1 aliphatic rings. The van der Waals surface area contributed by atoms with Gasteiger partial charge in [0.25, 0.3) is 0 Å². The normalized spacial score (nSPS) is 19.6. The number of alkyl halides is 3. The van der Waals surface area contributed by atoms with Gasteiger partial charge >= 0.3 is 109 Å². The van der Waals surface area contributed by atoms with E-state index in [1.54, 1.807) is 0 Å². The van der Waals surface area contributed by atoms with Crippen molar-refractivity contribution in [2.24, 2.45) is 4.99 Å². The molecule has 1 atom stereocenters. The third-order valence-corrected chi connectivity index (χ3v) is 2.95. The van der Waals surface area contributed by atoms with E-state index in [2.05, 4.69) is 26.3 Å². The molecule has 1 aliphatic heterocycles. The molecule has 1 radical (unpaired) electrons. The van der Waals surface area contributed by atoms with Crippen molar-refractivity contribution in [2.75, 3.05) is 0 Å². The van der Waals surface area contributed by atoms with Crippen LogP contribution in [-0.4, -0.2) is 32.7 Å². The summed E-state index contributed by atoms with van der Waals surface area (Å²) in [5.41, 5.74) is -0.0586. The zero-order valence-corrected chi connectivity index (χ0v) is 10.7. The molecule has 95 valence electrons. The van der Waals surface area contributed by atoms with Crippen molar-refractivity contribution in [3.8, 4) is 0 Å². The maximum absolute atomic E-state index is 12.3. The molecule has 0 saturated heterocycles. The number of carbonyl (C=O) groups excluding carboxylic acids is 1. The number of nitrogens with one attached hydrogen (secondary N) is 1. The number of benzene rings is 1. The van der Waals surface area contributed by atoms with E-state index in [1.807, 2.05) is 0 Å². The molecule has 1 N–H and O–H groups in total.